The number of ether oxygens (including phenoxy) is 1. The number of likely N-dealkylation sites (N-methyl/N-ethyl adjacent to an activating group) is 1. The van der Waals surface area contributed by atoms with E-state index in [4.69, 9.17) is 4.74 Å². The topological polar surface area (TPSA) is 105 Å². The normalized spacial score (nSPS) is 11.3. The van der Waals surface area contributed by atoms with Crippen molar-refractivity contribution in [3.8, 4) is 5.75 Å². The van der Waals surface area contributed by atoms with Gasteiger partial charge in [0, 0.05) is 36.6 Å². The monoisotopic (exact) mass is 587 g/mol. The van der Waals surface area contributed by atoms with Gasteiger partial charge in [0.05, 0.1) is 12.9 Å². The van der Waals surface area contributed by atoms with E-state index in [1.54, 1.807) is 30.3 Å². The zero-order valence-electron chi connectivity index (χ0n) is 25.3. The number of amides is 1. The first-order valence-electron chi connectivity index (χ1n) is 15.0. The van der Waals surface area contributed by atoms with E-state index in [2.05, 4.69) is 17.0 Å². The minimum Gasteiger partial charge on any atom is -0.494 e. The van der Waals surface area contributed by atoms with Crippen molar-refractivity contribution in [1.82, 2.24) is 4.72 Å². The van der Waals surface area contributed by atoms with Gasteiger partial charge in [-0.1, -0.05) is 64.7 Å². The number of sulfonamides is 1. The highest BCUT2D eigenvalue weighted by Gasteiger charge is 2.18. The van der Waals surface area contributed by atoms with Crippen LogP contribution in [0, 0.1) is 6.92 Å². The van der Waals surface area contributed by atoms with Gasteiger partial charge in [0.15, 0.2) is 0 Å². The number of benzene rings is 2. The molecule has 0 fully saturated rings. The molecular formula is C32H49N3O5S. The van der Waals surface area contributed by atoms with E-state index in [1.165, 1.54) is 51.4 Å². The molecule has 0 aliphatic carbocycles. The smallest absolute Gasteiger partial charge is 0.296 e. The summed E-state index contributed by atoms with van der Waals surface area (Å²) in [4.78, 5) is 27.4. The minimum atomic E-state index is -3.25. The Morgan fingerprint density at radius 2 is 1.46 bits per heavy atom. The quantitative estimate of drug-likeness (QED) is 0.0983. The van der Waals surface area contributed by atoms with Crippen molar-refractivity contribution in [3.05, 3.63) is 53.6 Å². The highest BCUT2D eigenvalue weighted by Crippen LogP contribution is 2.23. The predicted molar refractivity (Wildman–Crippen MR) is 169 cm³/mol. The molecule has 41 heavy (non-hydrogen) atoms. The van der Waals surface area contributed by atoms with Crippen molar-refractivity contribution >= 4 is 33.1 Å². The summed E-state index contributed by atoms with van der Waals surface area (Å²) >= 11 is 0. The lowest BCUT2D eigenvalue weighted by molar-refractivity contribution is -0.112. The second-order valence-electron chi connectivity index (χ2n) is 10.6. The molecule has 0 spiro atoms. The number of carbonyl (C=O) groups is 2. The van der Waals surface area contributed by atoms with Crippen LogP contribution in [0.25, 0.3) is 0 Å². The Kier molecular flexibility index (Phi) is 15.5. The Morgan fingerprint density at radius 3 is 2.02 bits per heavy atom. The van der Waals surface area contributed by atoms with Crippen LogP contribution in [-0.2, 0) is 14.8 Å². The number of hydrogen-bond donors (Lipinski definition) is 2. The third-order valence-corrected chi connectivity index (χ3v) is 7.77. The molecule has 0 radical (unpaired) electrons. The van der Waals surface area contributed by atoms with Crippen LogP contribution in [0.2, 0.25) is 0 Å². The van der Waals surface area contributed by atoms with Crippen LogP contribution in [0.5, 0.6) is 5.75 Å². The first kappa shape index (κ1) is 34.3. The standard InChI is InChI=1S/C32H49N3O5S/c1-5-7-8-9-10-11-12-13-14-15-24-40-29-19-16-27(17-20-29)31(36)32(37)34-30-21-18-28(25-26(30)3)35(6-2)23-22-33-41(4,38)39/h16-21,25,33H,5-15,22-24H2,1-4H3,(H,34,37). The molecule has 0 saturated carbocycles. The molecule has 2 aromatic carbocycles. The van der Waals surface area contributed by atoms with Crippen LogP contribution in [0.15, 0.2) is 42.5 Å². The molecule has 2 rings (SSSR count). The summed E-state index contributed by atoms with van der Waals surface area (Å²) in [5.74, 6) is -0.627. The maximum Gasteiger partial charge on any atom is 0.296 e. The van der Waals surface area contributed by atoms with E-state index in [0.717, 1.165) is 30.3 Å². The van der Waals surface area contributed by atoms with E-state index in [-0.39, 0.29) is 0 Å². The Hall–Kier alpha value is -2.91. The number of rotatable bonds is 21. The molecule has 0 unspecified atom stereocenters. The second kappa shape index (κ2) is 18.5. The lowest BCUT2D eigenvalue weighted by atomic mass is 10.1. The second-order valence-corrected chi connectivity index (χ2v) is 12.4. The molecule has 2 N–H and O–H groups in total. The molecule has 0 saturated heterocycles. The van der Waals surface area contributed by atoms with Gasteiger partial charge in [-0.05, 0) is 68.3 Å². The van der Waals surface area contributed by atoms with Crippen LogP contribution in [-0.4, -0.2) is 52.6 Å². The van der Waals surface area contributed by atoms with E-state index in [9.17, 15) is 18.0 Å². The van der Waals surface area contributed by atoms with Crippen LogP contribution in [0.4, 0.5) is 11.4 Å². The van der Waals surface area contributed by atoms with E-state index in [0.29, 0.717) is 43.2 Å². The van der Waals surface area contributed by atoms with Crippen molar-refractivity contribution in [2.24, 2.45) is 0 Å². The number of nitrogens with one attached hydrogen (secondary N) is 2. The lowest BCUT2D eigenvalue weighted by Gasteiger charge is -2.24. The molecule has 2 aromatic rings. The molecule has 1 amide bonds. The number of Topliss-reactive ketones (excluding diaryl/α,β-unsaturated/α-hetero) is 1. The number of anilines is 2. The number of unbranched alkanes of at least 4 members (excludes halogenated alkanes) is 9. The Bertz CT molecular complexity index is 1180. The zero-order chi connectivity index (χ0) is 30.1. The zero-order valence-corrected chi connectivity index (χ0v) is 26.2. The Balaban J connectivity index is 1.76. The molecule has 0 aliphatic rings. The fraction of sp³-hybridized carbons (Fsp3) is 0.562. The highest BCUT2D eigenvalue weighted by molar-refractivity contribution is 7.88. The van der Waals surface area contributed by atoms with Crippen LogP contribution >= 0.6 is 0 Å². The van der Waals surface area contributed by atoms with Crippen molar-refractivity contribution in [2.45, 2.75) is 85.0 Å². The van der Waals surface area contributed by atoms with Gasteiger partial charge in [0.2, 0.25) is 10.0 Å². The molecule has 0 heterocycles. The maximum absolute atomic E-state index is 12.7. The summed E-state index contributed by atoms with van der Waals surface area (Å²) in [5, 5.41) is 2.72. The molecule has 9 heteroatoms. The molecule has 0 aromatic heterocycles. The van der Waals surface area contributed by atoms with Crippen LogP contribution in [0.1, 0.15) is 94.0 Å². The van der Waals surface area contributed by atoms with Crippen LogP contribution < -0.4 is 19.7 Å². The first-order chi connectivity index (χ1) is 19.6. The molecule has 0 atom stereocenters. The van der Waals surface area contributed by atoms with Crippen molar-refractivity contribution in [2.75, 3.05) is 42.7 Å². The molecule has 228 valence electrons. The molecule has 8 nitrogen and oxygen atoms in total. The van der Waals surface area contributed by atoms with Gasteiger partial charge in [-0.2, -0.15) is 0 Å². The minimum absolute atomic E-state index is 0.294. The number of hydrogen-bond acceptors (Lipinski definition) is 6. The van der Waals surface area contributed by atoms with Crippen molar-refractivity contribution < 1.29 is 22.7 Å². The molecule has 0 aliphatic heterocycles. The van der Waals surface area contributed by atoms with Crippen LogP contribution in [0.3, 0.4) is 0 Å². The van der Waals surface area contributed by atoms with Gasteiger partial charge in [-0.25, -0.2) is 13.1 Å². The van der Waals surface area contributed by atoms with Gasteiger partial charge >= 0.3 is 0 Å². The summed E-state index contributed by atoms with van der Waals surface area (Å²) in [6.07, 6.45) is 13.9. The molecular weight excluding hydrogens is 538 g/mol. The third kappa shape index (κ3) is 13.5. The van der Waals surface area contributed by atoms with Gasteiger partial charge < -0.3 is 15.0 Å². The summed E-state index contributed by atoms with van der Waals surface area (Å²) < 4.78 is 31.0. The molecule has 0 bridgehead atoms. The fourth-order valence-electron chi connectivity index (χ4n) is 4.61. The van der Waals surface area contributed by atoms with E-state index < -0.39 is 21.7 Å². The van der Waals surface area contributed by atoms with Gasteiger partial charge in [-0.15, -0.1) is 0 Å². The number of carbonyl (C=O) groups excluding carboxylic acids is 2. The van der Waals surface area contributed by atoms with Gasteiger partial charge in [-0.3, -0.25) is 9.59 Å². The largest absolute Gasteiger partial charge is 0.494 e. The Labute approximate surface area is 247 Å². The number of aryl methyl sites for hydroxylation is 1. The first-order valence-corrected chi connectivity index (χ1v) is 16.9. The summed E-state index contributed by atoms with van der Waals surface area (Å²) in [7, 11) is -3.25. The number of ketones is 1. The van der Waals surface area contributed by atoms with Gasteiger partial charge in [0.1, 0.15) is 5.75 Å². The number of nitrogens with zero attached hydrogens (tertiary/aromatic N) is 1. The average Bonchev–Trinajstić information content (AvgIpc) is 2.94. The predicted octanol–water partition coefficient (Wildman–Crippen LogP) is 6.49. The van der Waals surface area contributed by atoms with E-state index in [1.807, 2.05) is 30.9 Å². The summed E-state index contributed by atoms with van der Waals surface area (Å²) in [6.45, 7) is 8.21. The maximum atomic E-state index is 12.7. The van der Waals surface area contributed by atoms with Crippen molar-refractivity contribution in [1.29, 1.82) is 0 Å². The van der Waals surface area contributed by atoms with E-state index >= 15 is 0 Å². The highest BCUT2D eigenvalue weighted by atomic mass is 32.2. The summed E-state index contributed by atoms with van der Waals surface area (Å²) in [5.41, 5.74) is 2.55. The Morgan fingerprint density at radius 1 is 0.854 bits per heavy atom. The average molecular weight is 588 g/mol. The fourth-order valence-corrected chi connectivity index (χ4v) is 5.07. The SMILES string of the molecule is CCCCCCCCCCCCOc1ccc(C(=O)C(=O)Nc2ccc(N(CC)CCNS(C)(=O)=O)cc2C)cc1. The lowest BCUT2D eigenvalue weighted by Crippen LogP contribution is -2.34. The third-order valence-electron chi connectivity index (χ3n) is 7.04. The van der Waals surface area contributed by atoms with Crippen molar-refractivity contribution in [3.63, 3.8) is 0 Å². The summed E-state index contributed by atoms with van der Waals surface area (Å²) in [6, 6.07) is 12.2. The van der Waals surface area contributed by atoms with Gasteiger partial charge in [0.25, 0.3) is 11.7 Å².